The van der Waals surface area contributed by atoms with E-state index in [0.717, 1.165) is 51.6 Å². The summed E-state index contributed by atoms with van der Waals surface area (Å²) in [6, 6.07) is 0. The van der Waals surface area contributed by atoms with Crippen LogP contribution in [-0.4, -0.2) is 63.8 Å². The van der Waals surface area contributed by atoms with Crippen molar-refractivity contribution in [3.05, 3.63) is 0 Å². The number of aliphatic hydroxyl groups is 1. The first kappa shape index (κ1) is 27.5. The molecule has 0 spiro atoms. The van der Waals surface area contributed by atoms with E-state index in [9.17, 15) is 4.79 Å². The molecule has 0 aliphatic rings. The molecular weight excluding hydrogens is 334 g/mol. The van der Waals surface area contributed by atoms with E-state index in [0.29, 0.717) is 46.0 Å². The molecule has 0 unspecified atom stereocenters. The molecule has 0 saturated heterocycles. The highest BCUT2D eigenvalue weighted by Gasteiger charge is 2.00. The van der Waals surface area contributed by atoms with Crippen LogP contribution in [0, 0.1) is 0 Å². The molecule has 160 valence electrons. The number of hydrogen-bond acceptors (Lipinski definition) is 5. The monoisotopic (exact) mass is 379 g/mol. The Kier molecular flexibility index (Phi) is 28.1. The van der Waals surface area contributed by atoms with Crippen LogP contribution in [0.4, 0.5) is 0 Å². The Morgan fingerprint density at radius 3 is 1.88 bits per heavy atom. The molecular formula is C20H45NO5. The maximum Gasteiger partial charge on any atom is 0.220 e. The first-order valence-corrected chi connectivity index (χ1v) is 10.4. The van der Waals surface area contributed by atoms with E-state index in [1.807, 2.05) is 13.8 Å². The Bertz CT molecular complexity index is 271. The summed E-state index contributed by atoms with van der Waals surface area (Å²) >= 11 is 0. The summed E-state index contributed by atoms with van der Waals surface area (Å²) in [5.41, 5.74) is 0. The fourth-order valence-electron chi connectivity index (χ4n) is 2.14. The van der Waals surface area contributed by atoms with Gasteiger partial charge in [-0.1, -0.05) is 46.5 Å². The predicted molar refractivity (Wildman–Crippen MR) is 109 cm³/mol. The maximum absolute atomic E-state index is 11.6. The quantitative estimate of drug-likeness (QED) is 0.336. The predicted octanol–water partition coefficient (Wildman–Crippen LogP) is 3.56. The molecule has 6 nitrogen and oxygen atoms in total. The molecule has 0 radical (unpaired) electrons. The van der Waals surface area contributed by atoms with Gasteiger partial charge in [-0.15, -0.1) is 0 Å². The minimum Gasteiger partial charge on any atom is -0.396 e. The third-order valence-electron chi connectivity index (χ3n) is 3.47. The van der Waals surface area contributed by atoms with Crippen LogP contribution in [0.2, 0.25) is 0 Å². The van der Waals surface area contributed by atoms with Crippen molar-refractivity contribution < 1.29 is 25.5 Å². The van der Waals surface area contributed by atoms with Crippen LogP contribution in [0.5, 0.6) is 0 Å². The van der Waals surface area contributed by atoms with Crippen molar-refractivity contribution in [3.8, 4) is 0 Å². The van der Waals surface area contributed by atoms with Gasteiger partial charge in [-0.2, -0.15) is 0 Å². The molecule has 0 aromatic heterocycles. The van der Waals surface area contributed by atoms with Gasteiger partial charge < -0.3 is 24.6 Å². The van der Waals surface area contributed by atoms with Gasteiger partial charge in [0, 0.05) is 27.6 Å². The Morgan fingerprint density at radius 2 is 1.31 bits per heavy atom. The third-order valence-corrected chi connectivity index (χ3v) is 3.47. The van der Waals surface area contributed by atoms with Gasteiger partial charge in [0.2, 0.25) is 5.91 Å². The van der Waals surface area contributed by atoms with E-state index in [1.165, 1.54) is 0 Å². The molecule has 0 atom stereocenters. The number of carbonyl (C=O) groups excluding carboxylic acids is 1. The van der Waals surface area contributed by atoms with Crippen LogP contribution >= 0.6 is 0 Å². The van der Waals surface area contributed by atoms with Gasteiger partial charge in [0.15, 0.2) is 0 Å². The van der Waals surface area contributed by atoms with Crippen molar-refractivity contribution in [1.29, 1.82) is 0 Å². The fourth-order valence-corrected chi connectivity index (χ4v) is 2.14. The van der Waals surface area contributed by atoms with Crippen LogP contribution in [-0.2, 0) is 19.0 Å². The number of nitrogens with one attached hydrogen (secondary N) is 1. The molecule has 6 heteroatoms. The summed E-state index contributed by atoms with van der Waals surface area (Å²) in [6.45, 7) is 10.5. The summed E-state index contributed by atoms with van der Waals surface area (Å²) < 4.78 is 16.0. The average Bonchev–Trinajstić information content (AvgIpc) is 2.67. The second kappa shape index (κ2) is 26.5. The molecule has 2 N–H and O–H groups in total. The lowest BCUT2D eigenvalue weighted by molar-refractivity contribution is -0.121. The number of unbranched alkanes of at least 4 members (excludes halogenated alkanes) is 5. The Morgan fingerprint density at radius 1 is 0.808 bits per heavy atom. The molecule has 0 aliphatic carbocycles. The number of rotatable bonds is 19. The van der Waals surface area contributed by atoms with Crippen molar-refractivity contribution in [2.24, 2.45) is 0 Å². The van der Waals surface area contributed by atoms with Crippen molar-refractivity contribution in [3.63, 3.8) is 0 Å². The molecule has 0 rings (SSSR count). The Hall–Kier alpha value is -0.690. The number of hydrogen-bond donors (Lipinski definition) is 2. The summed E-state index contributed by atoms with van der Waals surface area (Å²) in [7, 11) is 0. The number of ether oxygens (including phenoxy) is 3. The third kappa shape index (κ3) is 25.5. The standard InChI is InChI=1S/C18H37NO5.C2H6.H2/c1-2-12-22-14-16-24-17-15-23-13-10-19-18(21)9-7-5-3-4-6-8-11-20;1-2;/h20H,2-17H2,1H3,(H,19,21);1-2H3;1H. The molecule has 0 bridgehead atoms. The highest BCUT2D eigenvalue weighted by atomic mass is 16.5. The molecule has 0 fully saturated rings. The lowest BCUT2D eigenvalue weighted by Crippen LogP contribution is -2.27. The number of carbonyl (C=O) groups is 1. The van der Waals surface area contributed by atoms with E-state index in [1.54, 1.807) is 0 Å². The zero-order valence-electron chi connectivity index (χ0n) is 17.4. The van der Waals surface area contributed by atoms with Gasteiger partial charge in [0.25, 0.3) is 0 Å². The zero-order valence-corrected chi connectivity index (χ0v) is 17.4. The van der Waals surface area contributed by atoms with Gasteiger partial charge in [0.1, 0.15) is 0 Å². The topological polar surface area (TPSA) is 77.0 Å². The van der Waals surface area contributed by atoms with Gasteiger partial charge in [-0.05, 0) is 19.3 Å². The van der Waals surface area contributed by atoms with Crippen LogP contribution < -0.4 is 5.32 Å². The number of aliphatic hydroxyl groups excluding tert-OH is 1. The smallest absolute Gasteiger partial charge is 0.220 e. The normalized spacial score (nSPS) is 10.3. The van der Waals surface area contributed by atoms with Crippen LogP contribution in [0.1, 0.15) is 73.6 Å². The largest absolute Gasteiger partial charge is 0.396 e. The van der Waals surface area contributed by atoms with Crippen molar-refractivity contribution in [2.75, 3.05) is 52.8 Å². The summed E-state index contributed by atoms with van der Waals surface area (Å²) in [5.74, 6) is 0.0956. The summed E-state index contributed by atoms with van der Waals surface area (Å²) in [4.78, 5) is 11.6. The molecule has 0 aromatic carbocycles. The average molecular weight is 380 g/mol. The SMILES string of the molecule is CC.CCCOCCOCCOCCNC(=O)CCCCCCCCO.[HH]. The van der Waals surface area contributed by atoms with Gasteiger partial charge in [0.05, 0.1) is 33.0 Å². The Balaban J connectivity index is -0.00000185. The highest BCUT2D eigenvalue weighted by Crippen LogP contribution is 2.06. The Labute approximate surface area is 162 Å². The molecule has 0 aliphatic heterocycles. The van der Waals surface area contributed by atoms with E-state index in [2.05, 4.69) is 12.2 Å². The molecule has 0 heterocycles. The highest BCUT2D eigenvalue weighted by molar-refractivity contribution is 5.75. The first-order valence-electron chi connectivity index (χ1n) is 10.4. The lowest BCUT2D eigenvalue weighted by atomic mass is 10.1. The minimum absolute atomic E-state index is 0. The second-order valence-corrected chi connectivity index (χ2v) is 5.78. The summed E-state index contributed by atoms with van der Waals surface area (Å²) in [5, 5.41) is 11.5. The van der Waals surface area contributed by atoms with E-state index in [4.69, 9.17) is 19.3 Å². The van der Waals surface area contributed by atoms with Crippen LogP contribution in [0.25, 0.3) is 0 Å². The van der Waals surface area contributed by atoms with Crippen LogP contribution in [0.15, 0.2) is 0 Å². The van der Waals surface area contributed by atoms with Crippen LogP contribution in [0.3, 0.4) is 0 Å². The molecule has 0 saturated carbocycles. The van der Waals surface area contributed by atoms with E-state index >= 15 is 0 Å². The van der Waals surface area contributed by atoms with Gasteiger partial charge in [-0.3, -0.25) is 4.79 Å². The fraction of sp³-hybridized carbons (Fsp3) is 0.950. The first-order chi connectivity index (χ1) is 12.8. The minimum atomic E-state index is 0. The van der Waals surface area contributed by atoms with E-state index < -0.39 is 0 Å². The molecule has 26 heavy (non-hydrogen) atoms. The van der Waals surface area contributed by atoms with Crippen molar-refractivity contribution in [2.45, 2.75) is 72.1 Å². The van der Waals surface area contributed by atoms with Crippen molar-refractivity contribution >= 4 is 5.91 Å². The van der Waals surface area contributed by atoms with Gasteiger partial charge in [-0.25, -0.2) is 0 Å². The van der Waals surface area contributed by atoms with Gasteiger partial charge >= 0.3 is 0 Å². The molecule has 1 amide bonds. The molecule has 0 aromatic rings. The number of amides is 1. The van der Waals surface area contributed by atoms with E-state index in [-0.39, 0.29) is 13.9 Å². The van der Waals surface area contributed by atoms with Crippen molar-refractivity contribution in [1.82, 2.24) is 5.32 Å². The maximum atomic E-state index is 11.6. The lowest BCUT2D eigenvalue weighted by Gasteiger charge is -2.07. The zero-order chi connectivity index (χ0) is 19.7. The second-order valence-electron chi connectivity index (χ2n) is 5.78. The summed E-state index contributed by atoms with van der Waals surface area (Å²) in [6.07, 6.45) is 7.87.